The summed E-state index contributed by atoms with van der Waals surface area (Å²) in [5.41, 5.74) is 0. The van der Waals surface area contributed by atoms with Crippen molar-refractivity contribution in [2.45, 2.75) is 52.6 Å². The number of esters is 1. The second-order valence-electron chi connectivity index (χ2n) is 5.22. The Kier molecular flexibility index (Phi) is 3.03. The van der Waals surface area contributed by atoms with Crippen molar-refractivity contribution in [1.82, 2.24) is 0 Å². The van der Waals surface area contributed by atoms with Crippen molar-refractivity contribution < 1.29 is 9.53 Å². The van der Waals surface area contributed by atoms with E-state index < -0.39 is 0 Å². The van der Waals surface area contributed by atoms with E-state index in [4.69, 9.17) is 4.74 Å². The molecule has 5 atom stereocenters. The standard InChI is InChI=1S/C13H22O2/c1-4-9-6-11-8(3)15-13(14)12(11)7-10(9)5-2/h8-12H,4-7H2,1-3H3. The molecule has 0 radical (unpaired) electrons. The fourth-order valence-corrected chi connectivity index (χ4v) is 3.55. The highest BCUT2D eigenvalue weighted by atomic mass is 16.6. The minimum Gasteiger partial charge on any atom is -0.462 e. The molecule has 1 aliphatic carbocycles. The highest BCUT2D eigenvalue weighted by Crippen LogP contribution is 2.46. The summed E-state index contributed by atoms with van der Waals surface area (Å²) in [6.07, 6.45) is 4.90. The average molecular weight is 210 g/mol. The third-order valence-corrected chi connectivity index (χ3v) is 4.57. The summed E-state index contributed by atoms with van der Waals surface area (Å²) in [5, 5.41) is 0. The zero-order chi connectivity index (χ0) is 11.0. The fourth-order valence-electron chi connectivity index (χ4n) is 3.55. The molecular weight excluding hydrogens is 188 g/mol. The Bertz CT molecular complexity index is 249. The fraction of sp³-hybridized carbons (Fsp3) is 0.923. The third-order valence-electron chi connectivity index (χ3n) is 4.57. The van der Waals surface area contributed by atoms with Crippen LogP contribution in [0.3, 0.4) is 0 Å². The van der Waals surface area contributed by atoms with Gasteiger partial charge in [-0.3, -0.25) is 4.79 Å². The van der Waals surface area contributed by atoms with Crippen molar-refractivity contribution in [3.05, 3.63) is 0 Å². The minimum atomic E-state index is 0.0699. The third kappa shape index (κ3) is 1.79. The van der Waals surface area contributed by atoms with Crippen LogP contribution in [0, 0.1) is 23.7 Å². The summed E-state index contributed by atoms with van der Waals surface area (Å²) in [4.78, 5) is 11.7. The molecule has 1 aliphatic heterocycles. The summed E-state index contributed by atoms with van der Waals surface area (Å²) in [5.74, 6) is 2.35. The van der Waals surface area contributed by atoms with Gasteiger partial charge in [0.15, 0.2) is 0 Å². The van der Waals surface area contributed by atoms with Gasteiger partial charge < -0.3 is 4.74 Å². The molecular formula is C13H22O2. The van der Waals surface area contributed by atoms with Crippen LogP contribution in [0.5, 0.6) is 0 Å². The summed E-state index contributed by atoms with van der Waals surface area (Å²) >= 11 is 0. The van der Waals surface area contributed by atoms with E-state index in [2.05, 4.69) is 20.8 Å². The number of carbonyl (C=O) groups is 1. The van der Waals surface area contributed by atoms with E-state index in [-0.39, 0.29) is 18.0 Å². The Morgan fingerprint density at radius 2 is 1.80 bits per heavy atom. The lowest BCUT2D eigenvalue weighted by Gasteiger charge is -2.36. The van der Waals surface area contributed by atoms with Crippen LogP contribution in [0.25, 0.3) is 0 Å². The molecule has 2 aliphatic rings. The lowest BCUT2D eigenvalue weighted by molar-refractivity contribution is -0.144. The summed E-state index contributed by atoms with van der Waals surface area (Å²) < 4.78 is 5.35. The summed E-state index contributed by atoms with van der Waals surface area (Å²) in [6, 6.07) is 0. The maximum Gasteiger partial charge on any atom is 0.309 e. The Morgan fingerprint density at radius 3 is 2.40 bits per heavy atom. The van der Waals surface area contributed by atoms with Crippen molar-refractivity contribution in [1.29, 1.82) is 0 Å². The maximum atomic E-state index is 11.7. The number of rotatable bonds is 2. The minimum absolute atomic E-state index is 0.0699. The first-order valence-electron chi connectivity index (χ1n) is 6.37. The first-order valence-corrected chi connectivity index (χ1v) is 6.37. The predicted octanol–water partition coefficient (Wildman–Crippen LogP) is 3.01. The SMILES string of the molecule is CCC1CC2C(=O)OC(C)C2CC1CC. The Morgan fingerprint density at radius 1 is 1.20 bits per heavy atom. The second kappa shape index (κ2) is 4.15. The summed E-state index contributed by atoms with van der Waals surface area (Å²) in [6.45, 7) is 6.58. The van der Waals surface area contributed by atoms with Crippen molar-refractivity contribution in [2.24, 2.45) is 23.7 Å². The van der Waals surface area contributed by atoms with Gasteiger partial charge in [0.05, 0.1) is 5.92 Å². The normalized spacial score (nSPS) is 45.0. The maximum absolute atomic E-state index is 11.7. The van der Waals surface area contributed by atoms with E-state index in [1.165, 1.54) is 19.3 Å². The molecule has 86 valence electrons. The quantitative estimate of drug-likeness (QED) is 0.655. The first-order chi connectivity index (χ1) is 7.17. The Balaban J connectivity index is 2.12. The van der Waals surface area contributed by atoms with Crippen LogP contribution in [0.15, 0.2) is 0 Å². The van der Waals surface area contributed by atoms with E-state index in [1.807, 2.05) is 0 Å². The molecule has 2 nitrogen and oxygen atoms in total. The van der Waals surface area contributed by atoms with Gasteiger partial charge in [0.2, 0.25) is 0 Å². The summed E-state index contributed by atoms with van der Waals surface area (Å²) in [7, 11) is 0. The number of hydrogen-bond donors (Lipinski definition) is 0. The molecule has 0 aromatic heterocycles. The number of cyclic esters (lactones) is 1. The molecule has 0 bridgehead atoms. The number of carbonyl (C=O) groups excluding carboxylic acids is 1. The monoisotopic (exact) mass is 210 g/mol. The van der Waals surface area contributed by atoms with E-state index >= 15 is 0 Å². The lowest BCUT2D eigenvalue weighted by Crippen LogP contribution is -2.33. The Hall–Kier alpha value is -0.530. The van der Waals surface area contributed by atoms with Crippen LogP contribution >= 0.6 is 0 Å². The van der Waals surface area contributed by atoms with Gasteiger partial charge in [-0.15, -0.1) is 0 Å². The van der Waals surface area contributed by atoms with Gasteiger partial charge in [0, 0.05) is 5.92 Å². The van der Waals surface area contributed by atoms with Crippen molar-refractivity contribution in [2.75, 3.05) is 0 Å². The van der Waals surface area contributed by atoms with E-state index in [0.29, 0.717) is 5.92 Å². The van der Waals surface area contributed by atoms with Crippen molar-refractivity contribution >= 4 is 5.97 Å². The van der Waals surface area contributed by atoms with E-state index in [1.54, 1.807) is 0 Å². The molecule has 1 saturated heterocycles. The van der Waals surface area contributed by atoms with Crippen LogP contribution in [-0.2, 0) is 9.53 Å². The molecule has 2 fully saturated rings. The lowest BCUT2D eigenvalue weighted by atomic mass is 9.66. The largest absolute Gasteiger partial charge is 0.462 e. The molecule has 2 rings (SSSR count). The first kappa shape index (κ1) is 11.0. The molecule has 0 N–H and O–H groups in total. The van der Waals surface area contributed by atoms with Gasteiger partial charge in [-0.1, -0.05) is 26.7 Å². The molecule has 2 heteroatoms. The zero-order valence-corrected chi connectivity index (χ0v) is 10.0. The highest BCUT2D eigenvalue weighted by molar-refractivity contribution is 5.75. The van der Waals surface area contributed by atoms with Crippen LogP contribution in [-0.4, -0.2) is 12.1 Å². The number of ether oxygens (including phenoxy) is 1. The Labute approximate surface area is 92.4 Å². The average Bonchev–Trinajstić information content (AvgIpc) is 2.52. The van der Waals surface area contributed by atoms with Gasteiger partial charge in [-0.2, -0.15) is 0 Å². The van der Waals surface area contributed by atoms with Gasteiger partial charge in [-0.25, -0.2) is 0 Å². The zero-order valence-electron chi connectivity index (χ0n) is 10.0. The smallest absolute Gasteiger partial charge is 0.309 e. The van der Waals surface area contributed by atoms with Crippen LogP contribution in [0.4, 0.5) is 0 Å². The molecule has 1 heterocycles. The van der Waals surface area contributed by atoms with Crippen LogP contribution in [0.2, 0.25) is 0 Å². The molecule has 0 aromatic rings. The molecule has 5 unspecified atom stereocenters. The van der Waals surface area contributed by atoms with Crippen molar-refractivity contribution in [3.63, 3.8) is 0 Å². The van der Waals surface area contributed by atoms with Gasteiger partial charge in [0.25, 0.3) is 0 Å². The molecule has 1 saturated carbocycles. The van der Waals surface area contributed by atoms with Crippen molar-refractivity contribution in [3.8, 4) is 0 Å². The molecule has 15 heavy (non-hydrogen) atoms. The van der Waals surface area contributed by atoms with Crippen LogP contribution < -0.4 is 0 Å². The van der Waals surface area contributed by atoms with Gasteiger partial charge >= 0.3 is 5.97 Å². The molecule has 0 amide bonds. The topological polar surface area (TPSA) is 26.3 Å². The second-order valence-corrected chi connectivity index (χ2v) is 5.22. The van der Waals surface area contributed by atoms with Gasteiger partial charge in [-0.05, 0) is 31.6 Å². The number of hydrogen-bond acceptors (Lipinski definition) is 2. The van der Waals surface area contributed by atoms with E-state index in [9.17, 15) is 4.79 Å². The number of fused-ring (bicyclic) bond motifs is 1. The molecule has 0 spiro atoms. The van der Waals surface area contributed by atoms with Crippen LogP contribution in [0.1, 0.15) is 46.5 Å². The molecule has 0 aromatic carbocycles. The van der Waals surface area contributed by atoms with E-state index in [0.717, 1.165) is 18.3 Å². The predicted molar refractivity (Wildman–Crippen MR) is 59.3 cm³/mol. The van der Waals surface area contributed by atoms with Gasteiger partial charge in [0.1, 0.15) is 6.10 Å². The highest BCUT2D eigenvalue weighted by Gasteiger charge is 2.47.